The molecule has 2 aromatic rings. The molecule has 0 aromatic carbocycles. The lowest BCUT2D eigenvalue weighted by Gasteiger charge is -2.41. The van der Waals surface area contributed by atoms with Crippen molar-refractivity contribution in [1.82, 2.24) is 20.2 Å². The van der Waals surface area contributed by atoms with Crippen LogP contribution in [0.5, 0.6) is 0 Å². The maximum Gasteiger partial charge on any atom is 0.272 e. The highest BCUT2D eigenvalue weighted by Gasteiger charge is 2.42. The Labute approximate surface area is 212 Å². The van der Waals surface area contributed by atoms with E-state index in [9.17, 15) is 13.6 Å². The zero-order valence-electron chi connectivity index (χ0n) is 20.9. The second-order valence-corrected chi connectivity index (χ2v) is 10.9. The summed E-state index contributed by atoms with van der Waals surface area (Å²) < 4.78 is 28.1. The van der Waals surface area contributed by atoms with Crippen LogP contribution in [0.2, 0.25) is 0 Å². The van der Waals surface area contributed by atoms with Crippen molar-refractivity contribution in [3.63, 3.8) is 0 Å². The summed E-state index contributed by atoms with van der Waals surface area (Å²) in [4.78, 5) is 28.8. The molecule has 0 unspecified atom stereocenters. The zero-order valence-corrected chi connectivity index (χ0v) is 20.9. The molecule has 0 aliphatic carbocycles. The number of nitrogens with one attached hydrogen (secondary N) is 1. The van der Waals surface area contributed by atoms with Crippen LogP contribution >= 0.6 is 0 Å². The number of hydrogen-bond acceptors (Lipinski definition) is 6. The first-order valence-corrected chi connectivity index (χ1v) is 12.4. The normalized spacial score (nSPS) is 23.3. The number of piperazine rings is 1. The number of nitrogens with zero attached hydrogens (tertiary/aromatic N) is 5. The molecule has 0 saturated carbocycles. The second-order valence-electron chi connectivity index (χ2n) is 10.9. The third-order valence-electron chi connectivity index (χ3n) is 7.48. The van der Waals surface area contributed by atoms with Crippen LogP contribution in [0.25, 0.3) is 0 Å². The molecule has 2 aromatic heterocycles. The molecule has 3 aliphatic heterocycles. The van der Waals surface area contributed by atoms with Gasteiger partial charge in [-0.15, -0.1) is 0 Å². The lowest BCUT2D eigenvalue weighted by molar-refractivity contribution is -0.120. The Morgan fingerprint density at radius 1 is 1.31 bits per heavy atom. The minimum Gasteiger partial charge on any atom is -0.354 e. The fourth-order valence-electron chi connectivity index (χ4n) is 5.57. The molecule has 2 atom stereocenters. The quantitative estimate of drug-likeness (QED) is 0.677. The van der Waals surface area contributed by atoms with Crippen molar-refractivity contribution >= 4 is 17.4 Å². The molecule has 36 heavy (non-hydrogen) atoms. The van der Waals surface area contributed by atoms with E-state index < -0.39 is 11.3 Å². The van der Waals surface area contributed by atoms with Gasteiger partial charge in [-0.05, 0) is 31.0 Å². The number of amides is 1. The SMILES string of the molecule is C.C[C@@H]1CN(CC(=O)N2CC(C)(C)c3ncc(C(C)(F)F)cc32)[C@@H](CN2CCc3cccnc32)CN1. The van der Waals surface area contributed by atoms with E-state index in [0.29, 0.717) is 17.9 Å². The van der Waals surface area contributed by atoms with Crippen molar-refractivity contribution in [1.29, 1.82) is 0 Å². The highest BCUT2D eigenvalue weighted by molar-refractivity contribution is 5.97. The number of hydrogen-bond donors (Lipinski definition) is 1. The summed E-state index contributed by atoms with van der Waals surface area (Å²) in [6.07, 6.45) is 4.05. The van der Waals surface area contributed by atoms with Gasteiger partial charge in [0, 0.05) is 75.1 Å². The number of rotatable bonds is 5. The Morgan fingerprint density at radius 2 is 2.08 bits per heavy atom. The summed E-state index contributed by atoms with van der Waals surface area (Å²) in [5.74, 6) is -2.05. The molecule has 0 radical (unpaired) electrons. The monoisotopic (exact) mass is 500 g/mol. The van der Waals surface area contributed by atoms with Gasteiger partial charge < -0.3 is 15.1 Å². The lowest BCUT2D eigenvalue weighted by atomic mass is 9.91. The van der Waals surface area contributed by atoms with Crippen molar-refractivity contribution in [2.45, 2.75) is 65.0 Å². The van der Waals surface area contributed by atoms with E-state index in [4.69, 9.17) is 0 Å². The number of anilines is 2. The van der Waals surface area contributed by atoms with Gasteiger partial charge >= 0.3 is 0 Å². The molecule has 1 saturated heterocycles. The molecule has 1 N–H and O–H groups in total. The molecule has 9 heteroatoms. The van der Waals surface area contributed by atoms with Gasteiger partial charge in [0.1, 0.15) is 5.82 Å². The van der Waals surface area contributed by atoms with Gasteiger partial charge in [0.15, 0.2) is 0 Å². The average Bonchev–Trinajstić information content (AvgIpc) is 3.33. The van der Waals surface area contributed by atoms with Crippen LogP contribution in [0, 0.1) is 0 Å². The van der Waals surface area contributed by atoms with Crippen molar-refractivity contribution in [3.05, 3.63) is 47.4 Å². The third-order valence-corrected chi connectivity index (χ3v) is 7.48. The molecule has 5 heterocycles. The number of aromatic nitrogens is 2. The van der Waals surface area contributed by atoms with Crippen LogP contribution in [-0.4, -0.2) is 72.1 Å². The molecule has 1 amide bonds. The highest BCUT2D eigenvalue weighted by Crippen LogP contribution is 2.41. The number of pyridine rings is 2. The highest BCUT2D eigenvalue weighted by atomic mass is 19.3. The number of carbonyl (C=O) groups excluding carboxylic acids is 1. The largest absolute Gasteiger partial charge is 0.354 e. The molecular formula is C27H38F2N6O. The molecule has 1 fully saturated rings. The van der Waals surface area contributed by atoms with Crippen molar-refractivity contribution < 1.29 is 13.6 Å². The van der Waals surface area contributed by atoms with Gasteiger partial charge in [0.05, 0.1) is 17.9 Å². The molecule has 196 valence electrons. The first-order valence-electron chi connectivity index (χ1n) is 12.4. The van der Waals surface area contributed by atoms with Gasteiger partial charge in [0.25, 0.3) is 5.92 Å². The van der Waals surface area contributed by atoms with E-state index in [1.807, 2.05) is 26.1 Å². The molecule has 5 rings (SSSR count). The lowest BCUT2D eigenvalue weighted by Crippen LogP contribution is -2.60. The summed E-state index contributed by atoms with van der Waals surface area (Å²) in [7, 11) is 0. The third kappa shape index (κ3) is 4.95. The summed E-state index contributed by atoms with van der Waals surface area (Å²) in [5.41, 5.74) is 1.91. The fraction of sp³-hybridized carbons (Fsp3) is 0.593. The first-order chi connectivity index (χ1) is 16.5. The number of carbonyl (C=O) groups is 1. The topological polar surface area (TPSA) is 64.6 Å². The predicted molar refractivity (Wildman–Crippen MR) is 139 cm³/mol. The van der Waals surface area contributed by atoms with Crippen LogP contribution in [0.15, 0.2) is 30.6 Å². The Balaban J connectivity index is 0.00000304. The van der Waals surface area contributed by atoms with E-state index in [-0.39, 0.29) is 37.5 Å². The van der Waals surface area contributed by atoms with Crippen LogP contribution < -0.4 is 15.1 Å². The van der Waals surface area contributed by atoms with Crippen LogP contribution in [0.1, 0.15) is 51.9 Å². The summed E-state index contributed by atoms with van der Waals surface area (Å²) in [5, 5.41) is 3.55. The molecular weight excluding hydrogens is 462 g/mol. The van der Waals surface area contributed by atoms with Crippen molar-refractivity contribution in [3.8, 4) is 0 Å². The molecule has 3 aliphatic rings. The van der Waals surface area contributed by atoms with Crippen LogP contribution in [0.4, 0.5) is 20.3 Å². The second kappa shape index (κ2) is 9.67. The Kier molecular flexibility index (Phi) is 7.09. The maximum absolute atomic E-state index is 14.0. The number of fused-ring (bicyclic) bond motifs is 2. The molecule has 7 nitrogen and oxygen atoms in total. The van der Waals surface area contributed by atoms with Gasteiger partial charge in [-0.2, -0.15) is 0 Å². The van der Waals surface area contributed by atoms with Gasteiger partial charge in [-0.1, -0.05) is 27.3 Å². The van der Waals surface area contributed by atoms with Gasteiger partial charge in [0.2, 0.25) is 5.91 Å². The zero-order chi connectivity index (χ0) is 25.0. The van der Waals surface area contributed by atoms with Crippen LogP contribution in [0.3, 0.4) is 0 Å². The van der Waals surface area contributed by atoms with E-state index in [1.165, 1.54) is 17.8 Å². The Bertz CT molecular complexity index is 1120. The Hall–Kier alpha value is -2.65. The minimum atomic E-state index is -3.01. The minimum absolute atomic E-state index is 0. The Morgan fingerprint density at radius 3 is 2.83 bits per heavy atom. The number of alkyl halides is 2. The van der Waals surface area contributed by atoms with Crippen molar-refractivity contribution in [2.75, 3.05) is 49.1 Å². The fourth-order valence-corrected chi connectivity index (χ4v) is 5.57. The van der Waals surface area contributed by atoms with E-state index in [1.54, 1.807) is 4.90 Å². The van der Waals surface area contributed by atoms with Crippen molar-refractivity contribution in [2.24, 2.45) is 0 Å². The van der Waals surface area contributed by atoms with E-state index in [0.717, 1.165) is 45.3 Å². The maximum atomic E-state index is 14.0. The standard InChI is InChI=1S/C26H34F2N6O.CH4/c1-17-13-33(20(12-30-17)14-32-9-7-18-6-5-8-29-24(18)32)15-22(35)34-16-25(2,3)23-21(34)10-19(11-31-23)26(4,27)28;/h5-6,8,10-11,17,20,30H,7,9,12-16H2,1-4H3;1H4/t17-,20-;/m1./s1. The van der Waals surface area contributed by atoms with Gasteiger partial charge in [-0.25, -0.2) is 13.8 Å². The summed E-state index contributed by atoms with van der Waals surface area (Å²) >= 11 is 0. The number of halogens is 2. The predicted octanol–water partition coefficient (Wildman–Crippen LogP) is 3.57. The first kappa shape index (κ1) is 26.4. The summed E-state index contributed by atoms with van der Waals surface area (Å²) in [6, 6.07) is 5.94. The van der Waals surface area contributed by atoms with E-state index >= 15 is 0 Å². The van der Waals surface area contributed by atoms with E-state index in [2.05, 4.69) is 38.1 Å². The van der Waals surface area contributed by atoms with Crippen LogP contribution in [-0.2, 0) is 22.6 Å². The average molecular weight is 501 g/mol. The summed E-state index contributed by atoms with van der Waals surface area (Å²) in [6.45, 7) is 10.9. The molecule has 0 spiro atoms. The smallest absolute Gasteiger partial charge is 0.272 e. The van der Waals surface area contributed by atoms with Gasteiger partial charge in [-0.3, -0.25) is 14.7 Å². The molecule has 0 bridgehead atoms.